The smallest absolute Gasteiger partial charge is 0.0592 e. The Morgan fingerprint density at radius 3 is 2.23 bits per heavy atom. The highest BCUT2D eigenvalue weighted by molar-refractivity contribution is 6.18. The highest BCUT2D eigenvalue weighted by atomic mass is 15.1. The average Bonchev–Trinajstić information content (AvgIpc) is 4.04. The van der Waals surface area contributed by atoms with Crippen LogP contribution >= 0.6 is 0 Å². The van der Waals surface area contributed by atoms with Gasteiger partial charge in [0, 0.05) is 86.4 Å². The van der Waals surface area contributed by atoms with Crippen molar-refractivity contribution in [2.45, 2.75) is 45.1 Å². The van der Waals surface area contributed by atoms with Gasteiger partial charge < -0.3 is 23.5 Å². The van der Waals surface area contributed by atoms with Crippen LogP contribution in [0.15, 0.2) is 255 Å². The molecule has 6 aromatic carbocycles. The predicted octanol–water partition coefficient (Wildman–Crippen LogP) is 17.5. The van der Waals surface area contributed by atoms with Gasteiger partial charge in [0.2, 0.25) is 0 Å². The van der Waals surface area contributed by atoms with Crippen molar-refractivity contribution >= 4 is 66.6 Å². The summed E-state index contributed by atoms with van der Waals surface area (Å²) in [5.74, 6) is 0.314. The van der Waals surface area contributed by atoms with Crippen LogP contribution in [0.2, 0.25) is 0 Å². The van der Waals surface area contributed by atoms with E-state index < -0.39 is 0 Å². The monoisotopic (exact) mass is 959 g/mol. The molecule has 9 aromatic rings. The molecule has 0 fully saturated rings. The fourth-order valence-electron chi connectivity index (χ4n) is 11.7. The highest BCUT2D eigenvalue weighted by Crippen LogP contribution is 2.43. The van der Waals surface area contributed by atoms with Crippen LogP contribution in [0.4, 0.5) is 11.4 Å². The van der Waals surface area contributed by atoms with Crippen LogP contribution in [0.5, 0.6) is 0 Å². The highest BCUT2D eigenvalue weighted by Gasteiger charge is 2.26. The second-order valence-corrected chi connectivity index (χ2v) is 19.7. The Labute approximate surface area is 435 Å². The van der Waals surface area contributed by atoms with Gasteiger partial charge in [0.15, 0.2) is 0 Å². The summed E-state index contributed by atoms with van der Waals surface area (Å²) in [5.41, 5.74) is 17.4. The fourth-order valence-corrected chi connectivity index (χ4v) is 11.7. The van der Waals surface area contributed by atoms with Crippen molar-refractivity contribution in [2.75, 3.05) is 22.9 Å². The van der Waals surface area contributed by atoms with E-state index in [1.165, 1.54) is 55.1 Å². The minimum absolute atomic E-state index is 0.127. The number of allylic oxidation sites excluding steroid dienone is 15. The zero-order valence-electron chi connectivity index (χ0n) is 42.4. The van der Waals surface area contributed by atoms with Gasteiger partial charge in [0.1, 0.15) is 0 Å². The van der Waals surface area contributed by atoms with E-state index in [4.69, 9.17) is 6.58 Å². The SMILES string of the molecule is C=C1/C=C\C=C/N(c2ccccc2)CCc2c(n(-c3cccc(-n4c(/C=C\C=C/C)cc5c4ccc4c6ccccc6n(C6C=CC=C(N7C/C=C\C=C/C(C)c8ccccc87)CC6)c45)c3)c3ccccc23)C1=C. The second-order valence-electron chi connectivity index (χ2n) is 19.7. The lowest BCUT2D eigenvalue weighted by atomic mass is 9.97. The topological polar surface area (TPSA) is 21.3 Å². The molecule has 12 rings (SSSR count). The molecule has 3 aliphatic rings. The molecule has 0 radical (unpaired) electrons. The molecule has 0 spiro atoms. The molecule has 5 heterocycles. The Morgan fingerprint density at radius 1 is 0.608 bits per heavy atom. The maximum Gasteiger partial charge on any atom is 0.0592 e. The summed E-state index contributed by atoms with van der Waals surface area (Å²) in [6.07, 6.45) is 35.8. The predicted molar refractivity (Wildman–Crippen MR) is 317 cm³/mol. The Hall–Kier alpha value is -8.80. The first-order valence-electron chi connectivity index (χ1n) is 26.2. The molecule has 5 heteroatoms. The van der Waals surface area contributed by atoms with Crippen molar-refractivity contribution in [3.05, 3.63) is 278 Å². The van der Waals surface area contributed by atoms with E-state index in [1.807, 2.05) is 0 Å². The number of anilines is 2. The van der Waals surface area contributed by atoms with Gasteiger partial charge in [0.05, 0.1) is 28.3 Å². The minimum Gasteiger partial charge on any atom is -0.348 e. The van der Waals surface area contributed by atoms with Gasteiger partial charge in [0.25, 0.3) is 0 Å². The molecular formula is C69H61N5. The standard InChI is InChI=1S/C69H61N5/c1-5-6-9-28-57-48-63-67(42-41-61-59-34-14-17-37-65(59)73(69(61)63)54-30-22-29-53(39-40-54)71-45-20-8-10-25-50(3)58-33-13-16-36-64(58)71)72(57)55-31-23-32-56(47-55)74-66-38-18-15-35-60(66)62-43-46-70(52-26-11-7-12-27-52)44-21-19-24-49(2)51(4)68(62)74/h5-38,41-42,44,47-48,50,54H,2,4,39-40,43,45-46H2,1,3H3/b6-5-,20-8-,24-19-,25-10-,28-9-,44-21-. The van der Waals surface area contributed by atoms with Crippen molar-refractivity contribution in [3.63, 3.8) is 0 Å². The molecule has 0 N–H and O–H groups in total. The van der Waals surface area contributed by atoms with Gasteiger partial charge in [-0.05, 0) is 127 Å². The molecular weight excluding hydrogens is 899 g/mol. The lowest BCUT2D eigenvalue weighted by molar-refractivity contribution is 0.586. The second kappa shape index (κ2) is 20.0. The number of hydrogen-bond acceptors (Lipinski definition) is 2. The van der Waals surface area contributed by atoms with Gasteiger partial charge in [-0.3, -0.25) is 0 Å². The van der Waals surface area contributed by atoms with Crippen molar-refractivity contribution in [2.24, 2.45) is 0 Å². The van der Waals surface area contributed by atoms with Crippen molar-refractivity contribution in [1.82, 2.24) is 13.7 Å². The number of hydrogen-bond donors (Lipinski definition) is 0. The lowest BCUT2D eigenvalue weighted by Gasteiger charge is -2.30. The van der Waals surface area contributed by atoms with E-state index in [-0.39, 0.29) is 6.04 Å². The van der Waals surface area contributed by atoms with Gasteiger partial charge in [-0.15, -0.1) is 0 Å². The summed E-state index contributed by atoms with van der Waals surface area (Å²) in [4.78, 5) is 4.87. The van der Waals surface area contributed by atoms with E-state index >= 15 is 0 Å². The largest absolute Gasteiger partial charge is 0.348 e. The lowest BCUT2D eigenvalue weighted by Crippen LogP contribution is -2.24. The normalized spacial score (nSPS) is 19.3. The first-order valence-corrected chi connectivity index (χ1v) is 26.2. The minimum atomic E-state index is 0.127. The summed E-state index contributed by atoms with van der Waals surface area (Å²) >= 11 is 0. The van der Waals surface area contributed by atoms with Gasteiger partial charge in [-0.1, -0.05) is 172 Å². The summed E-state index contributed by atoms with van der Waals surface area (Å²) < 4.78 is 7.51. The summed E-state index contributed by atoms with van der Waals surface area (Å²) in [5, 5.41) is 4.99. The molecule has 0 saturated heterocycles. The quantitative estimate of drug-likeness (QED) is 0.148. The van der Waals surface area contributed by atoms with Gasteiger partial charge in [-0.2, -0.15) is 0 Å². The molecule has 2 unspecified atom stereocenters. The maximum absolute atomic E-state index is 4.77. The third-order valence-electron chi connectivity index (χ3n) is 15.3. The number of aromatic nitrogens is 3. The van der Waals surface area contributed by atoms with E-state index in [0.29, 0.717) is 5.92 Å². The molecule has 362 valence electrons. The molecule has 0 amide bonds. The Morgan fingerprint density at radius 2 is 1.36 bits per heavy atom. The third-order valence-corrected chi connectivity index (χ3v) is 15.3. The van der Waals surface area contributed by atoms with E-state index in [9.17, 15) is 0 Å². The van der Waals surface area contributed by atoms with Crippen LogP contribution in [0.1, 0.15) is 61.2 Å². The van der Waals surface area contributed by atoms with E-state index in [0.717, 1.165) is 83.0 Å². The molecule has 3 aromatic heterocycles. The van der Waals surface area contributed by atoms with E-state index in [2.05, 4.69) is 281 Å². The van der Waals surface area contributed by atoms with Crippen LogP contribution in [0.3, 0.4) is 0 Å². The van der Waals surface area contributed by atoms with Crippen molar-refractivity contribution < 1.29 is 0 Å². The number of para-hydroxylation sites is 4. The zero-order valence-corrected chi connectivity index (χ0v) is 42.4. The number of nitrogens with zero attached hydrogens (tertiary/aromatic N) is 5. The Kier molecular flexibility index (Phi) is 12.5. The summed E-state index contributed by atoms with van der Waals surface area (Å²) in [7, 11) is 0. The average molecular weight is 960 g/mol. The van der Waals surface area contributed by atoms with Gasteiger partial charge >= 0.3 is 0 Å². The first-order chi connectivity index (χ1) is 36.5. The van der Waals surface area contributed by atoms with Crippen LogP contribution in [-0.4, -0.2) is 26.8 Å². The fraction of sp³-hybridized carbons (Fsp3) is 0.130. The van der Waals surface area contributed by atoms with Crippen LogP contribution in [0.25, 0.3) is 66.6 Å². The number of rotatable bonds is 7. The van der Waals surface area contributed by atoms with Gasteiger partial charge in [-0.25, -0.2) is 0 Å². The first kappa shape index (κ1) is 46.3. The molecule has 74 heavy (non-hydrogen) atoms. The van der Waals surface area contributed by atoms with E-state index in [1.54, 1.807) is 0 Å². The molecule has 0 bridgehead atoms. The Bertz CT molecular complexity index is 3900. The summed E-state index contributed by atoms with van der Waals surface area (Å²) in [6, 6.07) is 53.6. The van der Waals surface area contributed by atoms with Crippen molar-refractivity contribution in [3.8, 4) is 11.4 Å². The summed E-state index contributed by atoms with van der Waals surface area (Å²) in [6.45, 7) is 15.3. The number of benzene rings is 6. The molecule has 1 aliphatic carbocycles. The molecule has 2 aliphatic heterocycles. The van der Waals surface area contributed by atoms with Crippen LogP contribution < -0.4 is 9.80 Å². The van der Waals surface area contributed by atoms with Crippen LogP contribution in [-0.2, 0) is 6.42 Å². The van der Waals surface area contributed by atoms with Crippen molar-refractivity contribution in [1.29, 1.82) is 0 Å². The molecule has 5 nitrogen and oxygen atoms in total. The third kappa shape index (κ3) is 8.34. The maximum atomic E-state index is 4.77. The van der Waals surface area contributed by atoms with Crippen LogP contribution in [0, 0.1) is 0 Å². The number of fused-ring (bicyclic) bond motifs is 9. The Balaban J connectivity index is 0.988. The zero-order chi connectivity index (χ0) is 50.1. The molecule has 0 saturated carbocycles. The molecule has 2 atom stereocenters.